The van der Waals surface area contributed by atoms with Gasteiger partial charge in [-0.1, -0.05) is 6.07 Å². The molecule has 0 unspecified atom stereocenters. The summed E-state index contributed by atoms with van der Waals surface area (Å²) in [5.74, 6) is 1.52. The fourth-order valence-corrected chi connectivity index (χ4v) is 7.26. The van der Waals surface area contributed by atoms with Crippen LogP contribution < -0.4 is 5.73 Å². The van der Waals surface area contributed by atoms with Gasteiger partial charge in [0.2, 0.25) is 0 Å². The van der Waals surface area contributed by atoms with E-state index in [1.54, 1.807) is 0 Å². The minimum atomic E-state index is -4.54. The Morgan fingerprint density at radius 1 is 1.03 bits per heavy atom. The van der Waals surface area contributed by atoms with E-state index in [0.717, 1.165) is 69.3 Å². The first-order valence-corrected chi connectivity index (χ1v) is 13.1. The number of nitrogens with zero attached hydrogens (tertiary/aromatic N) is 4. The maximum atomic E-state index is 14.2. The first-order chi connectivity index (χ1) is 17.4. The molecule has 2 aliphatic heterocycles. The highest BCUT2D eigenvalue weighted by Crippen LogP contribution is 2.57. The smallest absolute Gasteiger partial charge is 0.327 e. The fraction of sp³-hybridized carbons (Fsp3) is 0.654. The van der Waals surface area contributed by atoms with Crippen LogP contribution in [0.1, 0.15) is 67.2 Å². The molecule has 3 aliphatic carbocycles. The van der Waals surface area contributed by atoms with Crippen molar-refractivity contribution in [3.63, 3.8) is 0 Å². The number of urea groups is 1. The highest BCUT2D eigenvalue weighted by Gasteiger charge is 2.59. The van der Waals surface area contributed by atoms with E-state index in [2.05, 4.69) is 15.2 Å². The molecule has 0 atom stereocenters. The van der Waals surface area contributed by atoms with E-state index < -0.39 is 17.6 Å². The van der Waals surface area contributed by atoms with E-state index in [1.807, 2.05) is 9.80 Å². The molecule has 11 heteroatoms. The average Bonchev–Trinajstić information content (AvgIpc) is 3.27. The number of rotatable bonds is 4. The van der Waals surface area contributed by atoms with Gasteiger partial charge in [-0.25, -0.2) is 9.18 Å². The second-order valence-electron chi connectivity index (χ2n) is 12.6. The number of nitrogens with one attached hydrogen (secondary N) is 1. The van der Waals surface area contributed by atoms with Gasteiger partial charge in [0, 0.05) is 42.9 Å². The lowest BCUT2D eigenvalue weighted by atomic mass is 9.56. The second kappa shape index (κ2) is 7.45. The molecule has 2 saturated heterocycles. The van der Waals surface area contributed by atoms with Crippen molar-refractivity contribution < 1.29 is 22.4 Å². The summed E-state index contributed by atoms with van der Waals surface area (Å²) in [6, 6.07) is 2.89. The quantitative estimate of drug-likeness (QED) is 0.595. The number of nitrogens with two attached hydrogens (primary N) is 1. The average molecular weight is 519 g/mol. The standard InChI is InChI=1S/C26H30F4N6O/c27-19-6-18(26(28,29)30)2-1-16(19)5-15-7-23(8-15)11-35(12-23)22(37)36-13-24(14-36)9-17(10-24)20-32-21(34-33-20)25(31)3-4-25/h1-2,6,15,17H,3-5,7-14,31H2,(H,32,33,34). The van der Waals surface area contributed by atoms with E-state index in [-0.39, 0.29) is 28.3 Å². The zero-order chi connectivity index (χ0) is 25.8. The Bertz CT molecular complexity index is 1240. The second-order valence-corrected chi connectivity index (χ2v) is 12.6. The number of carbonyl (C=O) groups excluding carboxylic acids is 1. The van der Waals surface area contributed by atoms with E-state index in [0.29, 0.717) is 37.1 Å². The molecule has 1 aromatic carbocycles. The van der Waals surface area contributed by atoms with Crippen molar-refractivity contribution in [2.24, 2.45) is 22.5 Å². The van der Waals surface area contributed by atoms with Crippen molar-refractivity contribution in [2.45, 2.75) is 62.6 Å². The largest absolute Gasteiger partial charge is 0.416 e. The molecule has 3 N–H and O–H groups in total. The van der Waals surface area contributed by atoms with Crippen LogP contribution >= 0.6 is 0 Å². The van der Waals surface area contributed by atoms with Crippen LogP contribution in [0, 0.1) is 22.6 Å². The third-order valence-electron chi connectivity index (χ3n) is 9.49. The number of alkyl halides is 3. The summed E-state index contributed by atoms with van der Waals surface area (Å²) in [6.45, 7) is 2.99. The van der Waals surface area contributed by atoms with Crippen molar-refractivity contribution in [2.75, 3.05) is 26.2 Å². The SMILES string of the molecule is NC1(c2nnc(C3CC4(C3)CN(C(=O)N3CC5(CC(Cc6ccc(C(F)(F)F)cc6F)C5)C3)C4)[nH]2)CC1. The summed E-state index contributed by atoms with van der Waals surface area (Å²) < 4.78 is 52.5. The number of H-pyrrole nitrogens is 1. The van der Waals surface area contributed by atoms with Gasteiger partial charge in [-0.2, -0.15) is 13.2 Å². The van der Waals surface area contributed by atoms with Crippen LogP contribution in [0.15, 0.2) is 18.2 Å². The van der Waals surface area contributed by atoms with Crippen molar-refractivity contribution in [1.82, 2.24) is 25.0 Å². The minimum absolute atomic E-state index is 0.0951. The molecular formula is C26H30F4N6O. The Morgan fingerprint density at radius 2 is 1.65 bits per heavy atom. The van der Waals surface area contributed by atoms with Gasteiger partial charge in [-0.3, -0.25) is 0 Å². The van der Waals surface area contributed by atoms with E-state index in [4.69, 9.17) is 5.73 Å². The maximum Gasteiger partial charge on any atom is 0.416 e. The number of halogens is 4. The molecular weight excluding hydrogens is 488 g/mol. The highest BCUT2D eigenvalue weighted by molar-refractivity contribution is 5.77. The van der Waals surface area contributed by atoms with Crippen LogP contribution in [-0.2, 0) is 18.1 Å². The van der Waals surface area contributed by atoms with E-state index in [1.165, 1.54) is 6.07 Å². The number of carbonyl (C=O) groups is 1. The van der Waals surface area contributed by atoms with Crippen LogP contribution in [0.5, 0.6) is 0 Å². The van der Waals surface area contributed by atoms with E-state index in [9.17, 15) is 22.4 Å². The topological polar surface area (TPSA) is 91.1 Å². The minimum Gasteiger partial charge on any atom is -0.327 e. The number of hydrogen-bond donors (Lipinski definition) is 2. The number of hydrogen-bond acceptors (Lipinski definition) is 4. The van der Waals surface area contributed by atoms with Gasteiger partial charge < -0.3 is 20.5 Å². The Labute approximate surface area is 211 Å². The summed E-state index contributed by atoms with van der Waals surface area (Å²) in [4.78, 5) is 20.1. The number of aromatic amines is 1. The van der Waals surface area contributed by atoms with Crippen molar-refractivity contribution in [3.8, 4) is 0 Å². The van der Waals surface area contributed by atoms with Gasteiger partial charge in [-0.15, -0.1) is 10.2 Å². The third kappa shape index (κ3) is 3.83. The Hall–Kier alpha value is -2.69. The van der Waals surface area contributed by atoms with Gasteiger partial charge >= 0.3 is 12.2 Å². The number of benzene rings is 1. The summed E-state index contributed by atoms with van der Waals surface area (Å²) in [7, 11) is 0. The molecule has 198 valence electrons. The van der Waals surface area contributed by atoms with Gasteiger partial charge in [0.25, 0.3) is 0 Å². The molecule has 5 aliphatic rings. The van der Waals surface area contributed by atoms with E-state index >= 15 is 0 Å². The summed E-state index contributed by atoms with van der Waals surface area (Å²) >= 11 is 0. The van der Waals surface area contributed by atoms with Crippen LogP contribution in [0.25, 0.3) is 0 Å². The summed E-state index contributed by atoms with van der Waals surface area (Å²) in [5.41, 5.74) is 5.56. The maximum absolute atomic E-state index is 14.2. The van der Waals surface area contributed by atoms with Crippen LogP contribution in [0.3, 0.4) is 0 Å². The van der Waals surface area contributed by atoms with Crippen LogP contribution in [-0.4, -0.2) is 57.2 Å². The Kier molecular flexibility index (Phi) is 4.72. The van der Waals surface area contributed by atoms with Crippen molar-refractivity contribution >= 4 is 6.03 Å². The Balaban J connectivity index is 0.851. The molecule has 2 aromatic rings. The number of likely N-dealkylation sites (tertiary alicyclic amines) is 2. The molecule has 3 heterocycles. The molecule has 7 nitrogen and oxygen atoms in total. The molecule has 0 radical (unpaired) electrons. The third-order valence-corrected chi connectivity index (χ3v) is 9.49. The molecule has 5 fully saturated rings. The zero-order valence-electron chi connectivity index (χ0n) is 20.5. The predicted molar refractivity (Wildman–Crippen MR) is 125 cm³/mol. The predicted octanol–water partition coefficient (Wildman–Crippen LogP) is 4.16. The normalized spacial score (nSPS) is 25.4. The molecule has 0 bridgehead atoms. The lowest BCUT2D eigenvalue weighted by Crippen LogP contribution is -2.71. The molecule has 3 saturated carbocycles. The van der Waals surface area contributed by atoms with Gasteiger partial charge in [0.15, 0.2) is 5.82 Å². The Morgan fingerprint density at radius 3 is 2.22 bits per heavy atom. The number of amides is 2. The van der Waals surface area contributed by atoms with Crippen molar-refractivity contribution in [1.29, 1.82) is 0 Å². The zero-order valence-corrected chi connectivity index (χ0v) is 20.5. The summed E-state index contributed by atoms with van der Waals surface area (Å²) in [6.07, 6.45) is 1.58. The monoisotopic (exact) mass is 518 g/mol. The molecule has 37 heavy (non-hydrogen) atoms. The number of aromatic nitrogens is 3. The van der Waals surface area contributed by atoms with Gasteiger partial charge in [0.05, 0.1) is 11.1 Å². The van der Waals surface area contributed by atoms with Crippen LogP contribution in [0.4, 0.5) is 22.4 Å². The van der Waals surface area contributed by atoms with Crippen LogP contribution in [0.2, 0.25) is 0 Å². The highest BCUT2D eigenvalue weighted by atomic mass is 19.4. The molecule has 7 rings (SSSR count). The lowest BCUT2D eigenvalue weighted by Gasteiger charge is -2.63. The summed E-state index contributed by atoms with van der Waals surface area (Å²) in [5, 5.41) is 8.56. The van der Waals surface area contributed by atoms with Crippen molar-refractivity contribution in [3.05, 3.63) is 46.8 Å². The van der Waals surface area contributed by atoms with Gasteiger partial charge in [0.1, 0.15) is 11.6 Å². The first-order valence-electron chi connectivity index (χ1n) is 13.1. The molecule has 1 aromatic heterocycles. The molecule has 2 spiro atoms. The fourth-order valence-electron chi connectivity index (χ4n) is 7.26. The first kappa shape index (κ1) is 23.4. The van der Waals surface area contributed by atoms with Gasteiger partial charge in [-0.05, 0) is 68.6 Å². The lowest BCUT2D eigenvalue weighted by molar-refractivity contribution is -0.137. The molecule has 2 amide bonds.